The van der Waals surface area contributed by atoms with E-state index in [9.17, 15) is 4.79 Å². The first-order valence-electron chi connectivity index (χ1n) is 4.78. The predicted octanol–water partition coefficient (Wildman–Crippen LogP) is 1.95. The molecule has 0 amide bonds. The second-order valence-electron chi connectivity index (χ2n) is 3.26. The molecule has 0 spiro atoms. The smallest absolute Gasteiger partial charge is 0.372 e. The summed E-state index contributed by atoms with van der Waals surface area (Å²) in [6.45, 7) is 2.03. The Morgan fingerprint density at radius 3 is 3.07 bits per heavy atom. The highest BCUT2D eigenvalue weighted by Gasteiger charge is 2.13. The molecule has 0 fully saturated rings. The number of carbonyl (C=O) groups is 1. The third-order valence-electron chi connectivity index (χ3n) is 2.05. The van der Waals surface area contributed by atoms with E-state index in [2.05, 4.69) is 0 Å². The zero-order valence-electron chi connectivity index (χ0n) is 8.60. The molecular formula is C10H15NO3S. The minimum absolute atomic E-state index is 0.0348. The highest BCUT2D eigenvalue weighted by Crippen LogP contribution is 2.18. The maximum Gasteiger partial charge on any atom is 0.372 e. The summed E-state index contributed by atoms with van der Waals surface area (Å²) in [4.78, 5) is 10.7. The number of hydrogen-bond acceptors (Lipinski definition) is 4. The minimum atomic E-state index is -1.02. The van der Waals surface area contributed by atoms with E-state index in [4.69, 9.17) is 15.3 Å². The highest BCUT2D eigenvalue weighted by molar-refractivity contribution is 7.98. The van der Waals surface area contributed by atoms with Gasteiger partial charge in [-0.25, -0.2) is 4.79 Å². The average Bonchev–Trinajstić information content (AvgIpc) is 2.65. The Bertz CT molecular complexity index is 324. The van der Waals surface area contributed by atoms with Crippen molar-refractivity contribution in [1.82, 2.24) is 0 Å². The maximum absolute atomic E-state index is 10.7. The molecule has 84 valence electrons. The molecule has 0 aromatic carbocycles. The summed E-state index contributed by atoms with van der Waals surface area (Å²) in [5.41, 5.74) is 6.47. The summed E-state index contributed by atoms with van der Waals surface area (Å²) >= 11 is 1.63. The van der Waals surface area contributed by atoms with Crippen molar-refractivity contribution >= 4 is 17.7 Å². The van der Waals surface area contributed by atoms with Crippen LogP contribution < -0.4 is 5.73 Å². The summed E-state index contributed by atoms with van der Waals surface area (Å²) in [6.07, 6.45) is 2.34. The van der Waals surface area contributed by atoms with Gasteiger partial charge in [0.15, 0.2) is 0 Å². The van der Waals surface area contributed by atoms with Crippen LogP contribution in [0.25, 0.3) is 0 Å². The highest BCUT2D eigenvalue weighted by atomic mass is 32.2. The first-order chi connectivity index (χ1) is 7.15. The number of nitrogens with two attached hydrogens (primary N) is 1. The van der Waals surface area contributed by atoms with E-state index in [1.807, 2.05) is 6.92 Å². The Morgan fingerprint density at radius 2 is 2.47 bits per heavy atom. The third kappa shape index (κ3) is 3.60. The van der Waals surface area contributed by atoms with Gasteiger partial charge in [-0.15, -0.1) is 0 Å². The van der Waals surface area contributed by atoms with Gasteiger partial charge in [0.05, 0.1) is 6.26 Å². The van der Waals surface area contributed by atoms with Gasteiger partial charge < -0.3 is 15.3 Å². The Labute approximate surface area is 92.8 Å². The molecule has 3 N–H and O–H groups in total. The van der Waals surface area contributed by atoms with Gasteiger partial charge >= 0.3 is 5.97 Å². The molecule has 4 nitrogen and oxygen atoms in total. The van der Waals surface area contributed by atoms with E-state index in [-0.39, 0.29) is 11.8 Å². The van der Waals surface area contributed by atoms with Crippen molar-refractivity contribution in [3.63, 3.8) is 0 Å². The fourth-order valence-corrected chi connectivity index (χ4v) is 2.18. The van der Waals surface area contributed by atoms with Gasteiger partial charge in [-0.3, -0.25) is 0 Å². The zero-order chi connectivity index (χ0) is 11.3. The molecule has 0 aliphatic heterocycles. The molecular weight excluding hydrogens is 214 g/mol. The van der Waals surface area contributed by atoms with Gasteiger partial charge in [0, 0.05) is 23.1 Å². The van der Waals surface area contributed by atoms with E-state index in [1.165, 1.54) is 6.26 Å². The molecule has 1 aromatic rings. The molecule has 1 rings (SSSR count). The number of carboxylic acids is 1. The van der Waals surface area contributed by atoms with Crippen LogP contribution in [0.1, 0.15) is 29.5 Å². The Morgan fingerprint density at radius 1 is 1.73 bits per heavy atom. The monoisotopic (exact) mass is 229 g/mol. The SMILES string of the molecule is CCC(N)CSCc1ccoc1C(=O)O. The predicted molar refractivity (Wildman–Crippen MR) is 60.1 cm³/mol. The first kappa shape index (κ1) is 12.1. The lowest BCUT2D eigenvalue weighted by atomic mass is 10.3. The molecule has 0 aliphatic rings. The molecule has 0 saturated heterocycles. The van der Waals surface area contributed by atoms with Crippen molar-refractivity contribution < 1.29 is 14.3 Å². The van der Waals surface area contributed by atoms with Crippen LogP contribution in [-0.4, -0.2) is 22.9 Å². The van der Waals surface area contributed by atoms with Gasteiger partial charge in [-0.05, 0) is 12.5 Å². The van der Waals surface area contributed by atoms with Gasteiger partial charge in [0.25, 0.3) is 0 Å². The quantitative estimate of drug-likeness (QED) is 0.779. The van der Waals surface area contributed by atoms with Crippen LogP contribution in [0.15, 0.2) is 16.7 Å². The van der Waals surface area contributed by atoms with Crippen LogP contribution in [0, 0.1) is 0 Å². The number of aromatic carboxylic acids is 1. The number of thioether (sulfide) groups is 1. The normalized spacial score (nSPS) is 12.7. The van der Waals surface area contributed by atoms with Crippen molar-refractivity contribution in [2.24, 2.45) is 5.73 Å². The number of rotatable bonds is 6. The lowest BCUT2D eigenvalue weighted by Crippen LogP contribution is -2.21. The van der Waals surface area contributed by atoms with Gasteiger partial charge in [0.2, 0.25) is 5.76 Å². The van der Waals surface area contributed by atoms with E-state index in [1.54, 1.807) is 17.8 Å². The fraction of sp³-hybridized carbons (Fsp3) is 0.500. The molecule has 0 radical (unpaired) electrons. The number of carboxylic acid groups (broad SMARTS) is 1. The Hall–Kier alpha value is -0.940. The van der Waals surface area contributed by atoms with Crippen LogP contribution in [0.2, 0.25) is 0 Å². The van der Waals surface area contributed by atoms with Crippen LogP contribution in [0.5, 0.6) is 0 Å². The van der Waals surface area contributed by atoms with E-state index < -0.39 is 5.97 Å². The van der Waals surface area contributed by atoms with Crippen LogP contribution in [0.3, 0.4) is 0 Å². The van der Waals surface area contributed by atoms with Crippen molar-refractivity contribution in [1.29, 1.82) is 0 Å². The van der Waals surface area contributed by atoms with Crippen LogP contribution in [0.4, 0.5) is 0 Å². The zero-order valence-corrected chi connectivity index (χ0v) is 9.42. The van der Waals surface area contributed by atoms with Crippen molar-refractivity contribution in [2.75, 3.05) is 5.75 Å². The Balaban J connectivity index is 2.44. The summed E-state index contributed by atoms with van der Waals surface area (Å²) < 4.78 is 4.87. The largest absolute Gasteiger partial charge is 0.475 e. The second-order valence-corrected chi connectivity index (χ2v) is 4.29. The maximum atomic E-state index is 10.7. The van der Waals surface area contributed by atoms with Gasteiger partial charge in [-0.2, -0.15) is 11.8 Å². The first-order valence-corrected chi connectivity index (χ1v) is 5.93. The van der Waals surface area contributed by atoms with E-state index >= 15 is 0 Å². The molecule has 1 atom stereocenters. The lowest BCUT2D eigenvalue weighted by molar-refractivity contribution is 0.0661. The summed E-state index contributed by atoms with van der Waals surface area (Å²) in [7, 11) is 0. The van der Waals surface area contributed by atoms with Crippen molar-refractivity contribution in [2.45, 2.75) is 25.1 Å². The summed E-state index contributed by atoms with van der Waals surface area (Å²) in [6, 6.07) is 1.86. The average molecular weight is 229 g/mol. The van der Waals surface area contributed by atoms with Gasteiger partial charge in [-0.1, -0.05) is 6.92 Å². The van der Waals surface area contributed by atoms with E-state index in [0.717, 1.165) is 17.7 Å². The van der Waals surface area contributed by atoms with Crippen molar-refractivity contribution in [3.05, 3.63) is 23.7 Å². The second kappa shape index (κ2) is 5.82. The molecule has 0 bridgehead atoms. The minimum Gasteiger partial charge on any atom is -0.475 e. The van der Waals surface area contributed by atoms with Crippen LogP contribution in [-0.2, 0) is 5.75 Å². The molecule has 1 unspecified atom stereocenters. The Kier molecular flexibility index (Phi) is 4.71. The molecule has 5 heteroatoms. The molecule has 1 aromatic heterocycles. The fourth-order valence-electron chi connectivity index (χ4n) is 1.08. The molecule has 15 heavy (non-hydrogen) atoms. The van der Waals surface area contributed by atoms with E-state index in [0.29, 0.717) is 5.75 Å². The van der Waals surface area contributed by atoms with Crippen molar-refractivity contribution in [3.8, 4) is 0 Å². The topological polar surface area (TPSA) is 76.5 Å². The molecule has 1 heterocycles. The third-order valence-corrected chi connectivity index (χ3v) is 3.23. The lowest BCUT2D eigenvalue weighted by Gasteiger charge is -2.06. The summed E-state index contributed by atoms with van der Waals surface area (Å²) in [5.74, 6) is 0.481. The standard InChI is InChI=1S/C10H15NO3S/c1-2-8(11)6-15-5-7-3-4-14-9(7)10(12)13/h3-4,8H,2,5-6,11H2,1H3,(H,12,13). The molecule has 0 aliphatic carbocycles. The summed E-state index contributed by atoms with van der Waals surface area (Å²) in [5, 5.41) is 8.78. The molecule has 0 saturated carbocycles. The number of furan rings is 1. The van der Waals surface area contributed by atoms with Crippen LogP contribution >= 0.6 is 11.8 Å². The van der Waals surface area contributed by atoms with Gasteiger partial charge in [0.1, 0.15) is 0 Å². The number of hydrogen-bond donors (Lipinski definition) is 2.